The Bertz CT molecular complexity index is 1420. The Kier molecular flexibility index (Phi) is 5.67. The second kappa shape index (κ2) is 8.94. The van der Waals surface area contributed by atoms with Crippen LogP contribution in [0.5, 0.6) is 0 Å². The Labute approximate surface area is 195 Å². The lowest BCUT2D eigenvalue weighted by atomic mass is 10.0. The van der Waals surface area contributed by atoms with Gasteiger partial charge >= 0.3 is 5.97 Å². The van der Waals surface area contributed by atoms with Crippen LogP contribution in [-0.2, 0) is 24.3 Å². The third-order valence-electron chi connectivity index (χ3n) is 6.13. The van der Waals surface area contributed by atoms with Gasteiger partial charge in [0.1, 0.15) is 11.5 Å². The number of hydrogen-bond donors (Lipinski definition) is 1. The van der Waals surface area contributed by atoms with Crippen LogP contribution in [0.3, 0.4) is 0 Å². The standard InChI is InChI=1S/C27H22FN3O3/c28-21-4-1-3-19(15-21)16-31-24-17-30(14-12-22(24)23-5-2-13-29-26(23)31)25(32)11-8-18-6-9-20(10-7-18)27(33)34/h1-11,13,15H,12,14,16-17H2,(H,33,34). The SMILES string of the molecule is O=C(O)c1ccc(C=CC(=O)N2CCc3c(n(Cc4cccc(F)c4)c4ncccc34)C2)cc1. The molecule has 34 heavy (non-hydrogen) atoms. The molecule has 5 rings (SSSR count). The smallest absolute Gasteiger partial charge is 0.335 e. The number of pyridine rings is 1. The van der Waals surface area contributed by atoms with Crippen LogP contribution in [0.15, 0.2) is 72.9 Å². The number of carboxylic acids is 1. The lowest BCUT2D eigenvalue weighted by Crippen LogP contribution is -2.35. The first-order valence-electron chi connectivity index (χ1n) is 11.0. The number of aromatic carboxylic acids is 1. The third kappa shape index (κ3) is 4.20. The van der Waals surface area contributed by atoms with Crippen molar-refractivity contribution >= 4 is 29.0 Å². The van der Waals surface area contributed by atoms with Gasteiger partial charge in [0, 0.05) is 36.4 Å². The molecule has 2 aromatic heterocycles. The van der Waals surface area contributed by atoms with E-state index in [1.165, 1.54) is 35.9 Å². The van der Waals surface area contributed by atoms with E-state index in [4.69, 9.17) is 5.11 Å². The minimum absolute atomic E-state index is 0.122. The number of amides is 1. The highest BCUT2D eigenvalue weighted by Gasteiger charge is 2.26. The maximum absolute atomic E-state index is 13.8. The Morgan fingerprint density at radius 1 is 1.09 bits per heavy atom. The first-order chi connectivity index (χ1) is 16.5. The summed E-state index contributed by atoms with van der Waals surface area (Å²) < 4.78 is 15.9. The minimum Gasteiger partial charge on any atom is -0.478 e. The summed E-state index contributed by atoms with van der Waals surface area (Å²) in [5.74, 6) is -1.39. The fraction of sp³-hybridized carbons (Fsp3) is 0.148. The van der Waals surface area contributed by atoms with Gasteiger partial charge in [-0.15, -0.1) is 0 Å². The molecule has 0 unspecified atom stereocenters. The Balaban J connectivity index is 1.41. The Morgan fingerprint density at radius 3 is 2.68 bits per heavy atom. The number of aromatic nitrogens is 2. The molecule has 1 aliphatic heterocycles. The van der Waals surface area contributed by atoms with Crippen molar-refractivity contribution in [2.75, 3.05) is 6.54 Å². The molecule has 7 heteroatoms. The number of benzene rings is 2. The van der Waals surface area contributed by atoms with E-state index in [1.807, 2.05) is 18.2 Å². The molecule has 0 radical (unpaired) electrons. The average molecular weight is 455 g/mol. The predicted octanol–water partition coefficient (Wildman–Crippen LogP) is 4.52. The number of carbonyl (C=O) groups excluding carboxylic acids is 1. The average Bonchev–Trinajstić information content (AvgIpc) is 3.16. The van der Waals surface area contributed by atoms with E-state index < -0.39 is 5.97 Å². The van der Waals surface area contributed by atoms with Crippen LogP contribution in [0.4, 0.5) is 4.39 Å². The number of fused-ring (bicyclic) bond motifs is 3. The van der Waals surface area contributed by atoms with E-state index in [0.29, 0.717) is 26.1 Å². The first kappa shape index (κ1) is 21.6. The van der Waals surface area contributed by atoms with Gasteiger partial charge in [-0.3, -0.25) is 4.79 Å². The summed E-state index contributed by atoms with van der Waals surface area (Å²) in [6.07, 6.45) is 5.66. The van der Waals surface area contributed by atoms with Crippen molar-refractivity contribution in [3.63, 3.8) is 0 Å². The summed E-state index contributed by atoms with van der Waals surface area (Å²) in [4.78, 5) is 30.3. The van der Waals surface area contributed by atoms with Crippen molar-refractivity contribution in [1.82, 2.24) is 14.5 Å². The molecule has 1 N–H and O–H groups in total. The van der Waals surface area contributed by atoms with Gasteiger partial charge in [0.25, 0.3) is 0 Å². The molecule has 0 saturated heterocycles. The van der Waals surface area contributed by atoms with E-state index in [2.05, 4.69) is 9.55 Å². The fourth-order valence-electron chi connectivity index (χ4n) is 4.45. The molecule has 0 saturated carbocycles. The van der Waals surface area contributed by atoms with E-state index in [-0.39, 0.29) is 17.3 Å². The van der Waals surface area contributed by atoms with Gasteiger partial charge in [0.05, 0.1) is 12.1 Å². The monoisotopic (exact) mass is 455 g/mol. The molecule has 0 fully saturated rings. The van der Waals surface area contributed by atoms with E-state index in [9.17, 15) is 14.0 Å². The zero-order valence-electron chi connectivity index (χ0n) is 18.3. The topological polar surface area (TPSA) is 75.4 Å². The third-order valence-corrected chi connectivity index (χ3v) is 6.13. The van der Waals surface area contributed by atoms with Crippen LogP contribution in [0.1, 0.15) is 32.7 Å². The van der Waals surface area contributed by atoms with Gasteiger partial charge in [0.2, 0.25) is 5.91 Å². The molecular weight excluding hydrogens is 433 g/mol. The molecule has 1 amide bonds. The van der Waals surface area contributed by atoms with Gasteiger partial charge in [-0.2, -0.15) is 0 Å². The Hall–Kier alpha value is -4.26. The Morgan fingerprint density at radius 2 is 1.91 bits per heavy atom. The number of nitrogens with zero attached hydrogens (tertiary/aromatic N) is 3. The normalized spacial score (nSPS) is 13.4. The van der Waals surface area contributed by atoms with Crippen LogP contribution < -0.4 is 0 Å². The van der Waals surface area contributed by atoms with Crippen LogP contribution >= 0.6 is 0 Å². The number of carboxylic acid groups (broad SMARTS) is 1. The lowest BCUT2D eigenvalue weighted by Gasteiger charge is -2.27. The van der Waals surface area contributed by atoms with Gasteiger partial charge in [-0.25, -0.2) is 14.2 Å². The van der Waals surface area contributed by atoms with Gasteiger partial charge in [0.15, 0.2) is 0 Å². The fourth-order valence-corrected chi connectivity index (χ4v) is 4.45. The molecule has 170 valence electrons. The van der Waals surface area contributed by atoms with Crippen molar-refractivity contribution in [3.8, 4) is 0 Å². The van der Waals surface area contributed by atoms with E-state index >= 15 is 0 Å². The summed E-state index contributed by atoms with van der Waals surface area (Å²) in [5, 5.41) is 10.1. The van der Waals surface area contributed by atoms with Gasteiger partial charge in [-0.1, -0.05) is 24.3 Å². The van der Waals surface area contributed by atoms with Crippen LogP contribution in [-0.4, -0.2) is 38.0 Å². The highest BCUT2D eigenvalue weighted by atomic mass is 19.1. The summed E-state index contributed by atoms with van der Waals surface area (Å²) in [6, 6.07) is 16.8. The second-order valence-electron chi connectivity index (χ2n) is 8.29. The number of rotatable bonds is 5. The zero-order valence-corrected chi connectivity index (χ0v) is 18.3. The largest absolute Gasteiger partial charge is 0.478 e. The number of halogens is 1. The molecule has 6 nitrogen and oxygen atoms in total. The molecule has 0 spiro atoms. The summed E-state index contributed by atoms with van der Waals surface area (Å²) in [6.45, 7) is 1.48. The molecule has 0 aliphatic carbocycles. The van der Waals surface area contributed by atoms with E-state index in [0.717, 1.165) is 27.9 Å². The molecule has 0 bridgehead atoms. The van der Waals surface area contributed by atoms with Crippen molar-refractivity contribution < 1.29 is 19.1 Å². The van der Waals surface area contributed by atoms with Crippen molar-refractivity contribution in [2.24, 2.45) is 0 Å². The second-order valence-corrected chi connectivity index (χ2v) is 8.29. The number of carbonyl (C=O) groups is 2. The van der Waals surface area contributed by atoms with Crippen molar-refractivity contribution in [1.29, 1.82) is 0 Å². The van der Waals surface area contributed by atoms with Gasteiger partial charge in [-0.05, 0) is 65.6 Å². The maximum Gasteiger partial charge on any atom is 0.335 e. The predicted molar refractivity (Wildman–Crippen MR) is 127 cm³/mol. The summed E-state index contributed by atoms with van der Waals surface area (Å²) in [5.41, 5.74) is 4.81. The quantitative estimate of drug-likeness (QED) is 0.449. The lowest BCUT2D eigenvalue weighted by molar-refractivity contribution is -0.126. The highest BCUT2D eigenvalue weighted by Crippen LogP contribution is 2.30. The maximum atomic E-state index is 13.8. The van der Waals surface area contributed by atoms with Crippen LogP contribution in [0.2, 0.25) is 0 Å². The van der Waals surface area contributed by atoms with Crippen molar-refractivity contribution in [2.45, 2.75) is 19.5 Å². The molecule has 3 heterocycles. The zero-order chi connectivity index (χ0) is 23.7. The summed E-state index contributed by atoms with van der Waals surface area (Å²) >= 11 is 0. The van der Waals surface area contributed by atoms with E-state index in [1.54, 1.807) is 35.4 Å². The molecule has 2 aromatic carbocycles. The molecule has 4 aromatic rings. The minimum atomic E-state index is -0.987. The molecule has 1 aliphatic rings. The van der Waals surface area contributed by atoms with Crippen molar-refractivity contribution in [3.05, 3.63) is 107 Å². The summed E-state index contributed by atoms with van der Waals surface area (Å²) in [7, 11) is 0. The van der Waals surface area contributed by atoms with Gasteiger partial charge < -0.3 is 14.6 Å². The molecular formula is C27H22FN3O3. The first-order valence-corrected chi connectivity index (χ1v) is 11.0. The highest BCUT2D eigenvalue weighted by molar-refractivity contribution is 5.93. The van der Waals surface area contributed by atoms with Crippen LogP contribution in [0, 0.1) is 5.82 Å². The molecule has 0 atom stereocenters. The van der Waals surface area contributed by atoms with Crippen LogP contribution in [0.25, 0.3) is 17.1 Å². The number of hydrogen-bond acceptors (Lipinski definition) is 3.